The van der Waals surface area contributed by atoms with Gasteiger partial charge in [0.15, 0.2) is 5.60 Å². The van der Waals surface area contributed by atoms with E-state index in [1.165, 1.54) is 0 Å². The summed E-state index contributed by atoms with van der Waals surface area (Å²) in [6, 6.07) is 0. The molecule has 0 spiro atoms. The molecule has 0 saturated heterocycles. The fraction of sp³-hybridized carbons (Fsp3) is 0.625. The first-order valence-corrected chi connectivity index (χ1v) is 3.77. The van der Waals surface area contributed by atoms with Crippen molar-refractivity contribution in [2.45, 2.75) is 18.4 Å². The summed E-state index contributed by atoms with van der Waals surface area (Å²) in [6.07, 6.45) is 5.02. The Bertz CT molecular complexity index is 233. The maximum Gasteiger partial charge on any atom is 0.336 e. The summed E-state index contributed by atoms with van der Waals surface area (Å²) in [5, 5.41) is 18.3. The Kier molecular flexibility index (Phi) is 1.16. The molecule has 1 fully saturated rings. The highest BCUT2D eigenvalue weighted by Crippen LogP contribution is 2.46. The summed E-state index contributed by atoms with van der Waals surface area (Å²) < 4.78 is 0. The minimum Gasteiger partial charge on any atom is -0.479 e. The number of carboxylic acids is 1. The Balaban J connectivity index is 2.30. The van der Waals surface area contributed by atoms with Crippen molar-refractivity contribution in [3.8, 4) is 0 Å². The predicted octanol–water partition coefficient (Wildman–Crippen LogP) is 0.398. The molecule has 2 unspecified atom stereocenters. The minimum atomic E-state index is -1.46. The van der Waals surface area contributed by atoms with Crippen molar-refractivity contribution in [2.24, 2.45) is 11.8 Å². The van der Waals surface area contributed by atoms with E-state index >= 15 is 0 Å². The Labute approximate surface area is 64.3 Å². The topological polar surface area (TPSA) is 57.5 Å². The summed E-state index contributed by atoms with van der Waals surface area (Å²) in [5.41, 5.74) is -1.46. The number of carbonyl (C=O) groups is 1. The molecule has 0 amide bonds. The van der Waals surface area contributed by atoms with Crippen LogP contribution < -0.4 is 0 Å². The van der Waals surface area contributed by atoms with Gasteiger partial charge in [-0.25, -0.2) is 4.79 Å². The highest BCUT2D eigenvalue weighted by Gasteiger charge is 2.52. The molecule has 2 aliphatic rings. The van der Waals surface area contributed by atoms with E-state index < -0.39 is 11.6 Å². The summed E-state index contributed by atoms with van der Waals surface area (Å²) in [7, 11) is 0. The molecule has 3 heteroatoms. The SMILES string of the molecule is O=C(O)C1(O)CC2C=C[C@H]1C2. The van der Waals surface area contributed by atoms with E-state index in [0.29, 0.717) is 12.3 Å². The molecule has 2 N–H and O–H groups in total. The quantitative estimate of drug-likeness (QED) is 0.537. The van der Waals surface area contributed by atoms with Gasteiger partial charge in [-0.15, -0.1) is 0 Å². The lowest BCUT2D eigenvalue weighted by molar-refractivity contribution is -0.161. The van der Waals surface area contributed by atoms with Gasteiger partial charge in [0.1, 0.15) is 0 Å². The van der Waals surface area contributed by atoms with Crippen LogP contribution in [0.25, 0.3) is 0 Å². The van der Waals surface area contributed by atoms with E-state index in [1.54, 1.807) is 0 Å². The second-order valence-electron chi connectivity index (χ2n) is 3.42. The van der Waals surface area contributed by atoms with Crippen LogP contribution in [0.2, 0.25) is 0 Å². The van der Waals surface area contributed by atoms with Crippen LogP contribution in [0.3, 0.4) is 0 Å². The van der Waals surface area contributed by atoms with E-state index in [0.717, 1.165) is 6.42 Å². The van der Waals surface area contributed by atoms with Crippen molar-refractivity contribution < 1.29 is 15.0 Å². The first-order chi connectivity index (χ1) is 5.13. The molecule has 60 valence electrons. The van der Waals surface area contributed by atoms with Gasteiger partial charge in [-0.2, -0.15) is 0 Å². The van der Waals surface area contributed by atoms with Gasteiger partial charge < -0.3 is 10.2 Å². The van der Waals surface area contributed by atoms with Gasteiger partial charge in [-0.05, 0) is 18.8 Å². The second-order valence-corrected chi connectivity index (χ2v) is 3.42. The normalized spacial score (nSPS) is 46.6. The molecule has 0 radical (unpaired) electrons. The molecule has 11 heavy (non-hydrogen) atoms. The van der Waals surface area contributed by atoms with Crippen LogP contribution in [0.1, 0.15) is 12.8 Å². The van der Waals surface area contributed by atoms with E-state index in [9.17, 15) is 9.90 Å². The number of allylic oxidation sites excluding steroid dienone is 1. The molecule has 0 aromatic heterocycles. The largest absolute Gasteiger partial charge is 0.479 e. The number of fused-ring (bicyclic) bond motifs is 2. The lowest BCUT2D eigenvalue weighted by atomic mass is 9.89. The monoisotopic (exact) mass is 154 g/mol. The Hall–Kier alpha value is -0.830. The van der Waals surface area contributed by atoms with Crippen LogP contribution in [0.4, 0.5) is 0 Å². The Morgan fingerprint density at radius 1 is 1.55 bits per heavy atom. The van der Waals surface area contributed by atoms with Crippen molar-refractivity contribution in [3.63, 3.8) is 0 Å². The third-order valence-electron chi connectivity index (χ3n) is 2.73. The molecule has 2 aliphatic carbocycles. The second kappa shape index (κ2) is 1.85. The fourth-order valence-electron chi connectivity index (χ4n) is 2.08. The molecular formula is C8H10O3. The number of carboxylic acid groups (broad SMARTS) is 1. The highest BCUT2D eigenvalue weighted by atomic mass is 16.4. The zero-order valence-corrected chi connectivity index (χ0v) is 6.03. The molecule has 3 atom stereocenters. The third kappa shape index (κ3) is 0.744. The summed E-state index contributed by atoms with van der Waals surface area (Å²) in [5.74, 6) is -0.930. The number of aliphatic carboxylic acids is 1. The van der Waals surface area contributed by atoms with Crippen molar-refractivity contribution in [2.75, 3.05) is 0 Å². The van der Waals surface area contributed by atoms with E-state index in [2.05, 4.69) is 0 Å². The van der Waals surface area contributed by atoms with Crippen LogP contribution in [-0.2, 0) is 4.79 Å². The number of hydrogen-bond acceptors (Lipinski definition) is 2. The smallest absolute Gasteiger partial charge is 0.336 e. The van der Waals surface area contributed by atoms with Gasteiger partial charge >= 0.3 is 5.97 Å². The van der Waals surface area contributed by atoms with Crippen molar-refractivity contribution >= 4 is 5.97 Å². The lowest BCUT2D eigenvalue weighted by Crippen LogP contribution is -2.42. The maximum absolute atomic E-state index is 10.6. The van der Waals surface area contributed by atoms with Gasteiger partial charge in [0, 0.05) is 5.92 Å². The van der Waals surface area contributed by atoms with E-state index in [-0.39, 0.29) is 5.92 Å². The predicted molar refractivity (Wildman–Crippen MR) is 37.9 cm³/mol. The van der Waals surface area contributed by atoms with Crippen LogP contribution in [0, 0.1) is 11.8 Å². The molecule has 0 aliphatic heterocycles. The zero-order chi connectivity index (χ0) is 8.06. The van der Waals surface area contributed by atoms with Gasteiger partial charge in [0.2, 0.25) is 0 Å². The average molecular weight is 154 g/mol. The molecular weight excluding hydrogens is 144 g/mol. The van der Waals surface area contributed by atoms with Crippen LogP contribution in [0.5, 0.6) is 0 Å². The average Bonchev–Trinajstić information content (AvgIpc) is 2.45. The number of hydrogen-bond donors (Lipinski definition) is 2. The maximum atomic E-state index is 10.6. The third-order valence-corrected chi connectivity index (χ3v) is 2.73. The number of aliphatic hydroxyl groups is 1. The summed E-state index contributed by atoms with van der Waals surface area (Å²) in [4.78, 5) is 10.6. The van der Waals surface area contributed by atoms with Gasteiger partial charge in [0.25, 0.3) is 0 Å². The molecule has 2 rings (SSSR count). The van der Waals surface area contributed by atoms with E-state index in [1.807, 2.05) is 12.2 Å². The van der Waals surface area contributed by atoms with Crippen molar-refractivity contribution in [1.29, 1.82) is 0 Å². The van der Waals surface area contributed by atoms with Gasteiger partial charge in [0.05, 0.1) is 0 Å². The Morgan fingerprint density at radius 3 is 2.55 bits per heavy atom. The molecule has 0 aromatic rings. The molecule has 0 aromatic carbocycles. The molecule has 0 heterocycles. The fourth-order valence-corrected chi connectivity index (χ4v) is 2.08. The first-order valence-electron chi connectivity index (χ1n) is 3.77. The lowest BCUT2D eigenvalue weighted by Gasteiger charge is -2.24. The molecule has 1 saturated carbocycles. The number of rotatable bonds is 1. The van der Waals surface area contributed by atoms with Crippen LogP contribution in [-0.4, -0.2) is 21.8 Å². The van der Waals surface area contributed by atoms with Crippen LogP contribution in [0.15, 0.2) is 12.2 Å². The van der Waals surface area contributed by atoms with Crippen molar-refractivity contribution in [3.05, 3.63) is 12.2 Å². The van der Waals surface area contributed by atoms with Crippen molar-refractivity contribution in [1.82, 2.24) is 0 Å². The van der Waals surface area contributed by atoms with Crippen LogP contribution >= 0.6 is 0 Å². The summed E-state index contributed by atoms with van der Waals surface area (Å²) >= 11 is 0. The minimum absolute atomic E-state index is 0.148. The zero-order valence-electron chi connectivity index (χ0n) is 6.03. The Morgan fingerprint density at radius 2 is 2.27 bits per heavy atom. The first kappa shape index (κ1) is 6.85. The molecule has 3 nitrogen and oxygen atoms in total. The standard InChI is InChI=1S/C8H10O3/c9-7(10)8(11)4-5-1-2-6(8)3-5/h1-2,5-6,11H,3-4H2,(H,9,10)/t5?,6-,8?/m0/s1. The molecule has 2 bridgehead atoms. The summed E-state index contributed by atoms with van der Waals surface area (Å²) in [6.45, 7) is 0. The van der Waals surface area contributed by atoms with E-state index in [4.69, 9.17) is 5.11 Å². The van der Waals surface area contributed by atoms with Gasteiger partial charge in [-0.1, -0.05) is 12.2 Å². The van der Waals surface area contributed by atoms with Gasteiger partial charge in [-0.3, -0.25) is 0 Å². The highest BCUT2D eigenvalue weighted by molar-refractivity contribution is 5.79.